The summed E-state index contributed by atoms with van der Waals surface area (Å²) in [6.45, 7) is 2.84. The molecule has 0 spiro atoms. The molecule has 0 N–H and O–H groups in total. The van der Waals surface area contributed by atoms with Gasteiger partial charge in [0.15, 0.2) is 5.01 Å². The van der Waals surface area contributed by atoms with E-state index in [4.69, 9.17) is 4.74 Å². The third-order valence-corrected chi connectivity index (χ3v) is 4.29. The van der Waals surface area contributed by atoms with Gasteiger partial charge in [-0.2, -0.15) is 0 Å². The SMILES string of the molecule is CC(=O)N(C[C@@H]1CCCO1)c1nnc(-c2ccccn2)s1. The average Bonchev–Trinajstić information content (AvgIpc) is 3.17. The second kappa shape index (κ2) is 6.28. The molecule has 6 nitrogen and oxygen atoms in total. The predicted octanol–water partition coefficient (Wildman–Crippen LogP) is 2.13. The van der Waals surface area contributed by atoms with E-state index in [2.05, 4.69) is 15.2 Å². The van der Waals surface area contributed by atoms with Gasteiger partial charge >= 0.3 is 0 Å². The minimum absolute atomic E-state index is 0.0470. The van der Waals surface area contributed by atoms with Crippen LogP contribution in [0.15, 0.2) is 24.4 Å². The van der Waals surface area contributed by atoms with Crippen LogP contribution in [0.1, 0.15) is 19.8 Å². The zero-order valence-electron chi connectivity index (χ0n) is 11.7. The maximum absolute atomic E-state index is 11.9. The lowest BCUT2D eigenvalue weighted by molar-refractivity contribution is -0.116. The van der Waals surface area contributed by atoms with E-state index in [9.17, 15) is 4.79 Å². The van der Waals surface area contributed by atoms with Crippen molar-refractivity contribution >= 4 is 22.4 Å². The van der Waals surface area contributed by atoms with Crippen LogP contribution < -0.4 is 4.90 Å². The largest absolute Gasteiger partial charge is 0.376 e. The molecule has 3 heterocycles. The van der Waals surface area contributed by atoms with Gasteiger partial charge in [0.2, 0.25) is 11.0 Å². The standard InChI is InChI=1S/C14H16N4O2S/c1-10(19)18(9-11-5-4-8-20-11)14-17-16-13(21-14)12-6-2-3-7-15-12/h2-3,6-7,11H,4-5,8-9H2,1H3/t11-/m0/s1. The molecule has 0 aliphatic carbocycles. The lowest BCUT2D eigenvalue weighted by Gasteiger charge is -2.20. The average molecular weight is 304 g/mol. The van der Waals surface area contributed by atoms with Gasteiger partial charge in [0.05, 0.1) is 12.6 Å². The van der Waals surface area contributed by atoms with E-state index in [-0.39, 0.29) is 12.0 Å². The Labute approximate surface area is 126 Å². The monoisotopic (exact) mass is 304 g/mol. The third kappa shape index (κ3) is 3.25. The zero-order chi connectivity index (χ0) is 14.7. The molecule has 1 aliphatic rings. The molecule has 0 saturated carbocycles. The number of anilines is 1. The van der Waals surface area contributed by atoms with Gasteiger partial charge in [-0.3, -0.25) is 14.7 Å². The van der Waals surface area contributed by atoms with Crippen molar-refractivity contribution in [2.75, 3.05) is 18.1 Å². The van der Waals surface area contributed by atoms with E-state index in [1.807, 2.05) is 18.2 Å². The fourth-order valence-corrected chi connectivity index (χ4v) is 3.13. The Morgan fingerprint density at radius 3 is 3.05 bits per heavy atom. The van der Waals surface area contributed by atoms with Gasteiger partial charge in [0.1, 0.15) is 5.69 Å². The summed E-state index contributed by atoms with van der Waals surface area (Å²) >= 11 is 1.37. The van der Waals surface area contributed by atoms with Crippen LogP contribution in [0.5, 0.6) is 0 Å². The summed E-state index contributed by atoms with van der Waals surface area (Å²) in [5, 5.41) is 9.58. The summed E-state index contributed by atoms with van der Waals surface area (Å²) in [7, 11) is 0. The molecule has 21 heavy (non-hydrogen) atoms. The molecule has 7 heteroatoms. The van der Waals surface area contributed by atoms with Crippen LogP contribution in [0.4, 0.5) is 5.13 Å². The van der Waals surface area contributed by atoms with Crippen molar-refractivity contribution in [2.24, 2.45) is 0 Å². The number of amides is 1. The molecule has 3 rings (SSSR count). The second-order valence-corrected chi connectivity index (χ2v) is 5.83. The summed E-state index contributed by atoms with van der Waals surface area (Å²) < 4.78 is 5.60. The van der Waals surface area contributed by atoms with Crippen molar-refractivity contribution in [3.05, 3.63) is 24.4 Å². The van der Waals surface area contributed by atoms with Crippen molar-refractivity contribution in [3.63, 3.8) is 0 Å². The Morgan fingerprint density at radius 1 is 1.48 bits per heavy atom. The Morgan fingerprint density at radius 2 is 2.38 bits per heavy atom. The van der Waals surface area contributed by atoms with Gasteiger partial charge in [-0.15, -0.1) is 10.2 Å². The molecule has 1 amide bonds. The lowest BCUT2D eigenvalue weighted by Crippen LogP contribution is -2.35. The number of carbonyl (C=O) groups is 1. The number of ether oxygens (including phenoxy) is 1. The Hall–Kier alpha value is -1.86. The maximum atomic E-state index is 11.9. The summed E-state index contributed by atoms with van der Waals surface area (Å²) in [5.74, 6) is -0.0470. The Kier molecular flexibility index (Phi) is 4.21. The molecule has 0 aromatic carbocycles. The third-order valence-electron chi connectivity index (χ3n) is 3.32. The van der Waals surface area contributed by atoms with Crippen molar-refractivity contribution in [2.45, 2.75) is 25.9 Å². The van der Waals surface area contributed by atoms with Crippen LogP contribution in [0, 0.1) is 0 Å². The molecule has 0 unspecified atom stereocenters. The number of rotatable bonds is 4. The fourth-order valence-electron chi connectivity index (χ4n) is 2.25. The van der Waals surface area contributed by atoms with E-state index < -0.39 is 0 Å². The number of pyridine rings is 1. The topological polar surface area (TPSA) is 68.2 Å². The Bertz CT molecular complexity index is 610. The number of aromatic nitrogens is 3. The number of carbonyl (C=O) groups excluding carboxylic acids is 1. The summed E-state index contributed by atoms with van der Waals surface area (Å²) in [6.07, 6.45) is 3.84. The van der Waals surface area contributed by atoms with Crippen molar-refractivity contribution in [1.29, 1.82) is 0 Å². The molecule has 1 saturated heterocycles. The van der Waals surface area contributed by atoms with E-state index in [0.717, 1.165) is 25.1 Å². The summed E-state index contributed by atoms with van der Waals surface area (Å²) in [5.41, 5.74) is 0.766. The van der Waals surface area contributed by atoms with Crippen LogP contribution in [-0.2, 0) is 9.53 Å². The lowest BCUT2D eigenvalue weighted by atomic mass is 10.2. The second-order valence-electron chi connectivity index (χ2n) is 4.87. The Balaban J connectivity index is 1.80. The molecule has 1 fully saturated rings. The summed E-state index contributed by atoms with van der Waals surface area (Å²) in [4.78, 5) is 17.8. The van der Waals surface area contributed by atoms with Crippen LogP contribution in [0.2, 0.25) is 0 Å². The zero-order valence-corrected chi connectivity index (χ0v) is 12.5. The normalized spacial score (nSPS) is 17.9. The predicted molar refractivity (Wildman–Crippen MR) is 80.1 cm³/mol. The maximum Gasteiger partial charge on any atom is 0.225 e. The molecule has 2 aromatic rings. The fraction of sp³-hybridized carbons (Fsp3) is 0.429. The quantitative estimate of drug-likeness (QED) is 0.865. The minimum atomic E-state index is -0.0470. The van der Waals surface area contributed by atoms with E-state index in [1.165, 1.54) is 18.3 Å². The van der Waals surface area contributed by atoms with E-state index >= 15 is 0 Å². The summed E-state index contributed by atoms with van der Waals surface area (Å²) in [6, 6.07) is 5.63. The first-order chi connectivity index (χ1) is 10.2. The van der Waals surface area contributed by atoms with Crippen molar-refractivity contribution in [3.8, 4) is 10.7 Å². The van der Waals surface area contributed by atoms with Crippen molar-refractivity contribution in [1.82, 2.24) is 15.2 Å². The molecular formula is C14H16N4O2S. The van der Waals surface area contributed by atoms with Crippen LogP contribution >= 0.6 is 11.3 Å². The van der Waals surface area contributed by atoms with Gasteiger partial charge in [-0.05, 0) is 25.0 Å². The number of hydrogen-bond donors (Lipinski definition) is 0. The highest BCUT2D eigenvalue weighted by molar-refractivity contribution is 7.18. The first-order valence-electron chi connectivity index (χ1n) is 6.88. The molecule has 110 valence electrons. The van der Waals surface area contributed by atoms with Crippen LogP contribution in [0.3, 0.4) is 0 Å². The number of nitrogens with zero attached hydrogens (tertiary/aromatic N) is 4. The first kappa shape index (κ1) is 14.1. The highest BCUT2D eigenvalue weighted by atomic mass is 32.1. The number of hydrogen-bond acceptors (Lipinski definition) is 6. The highest BCUT2D eigenvalue weighted by Crippen LogP contribution is 2.28. The highest BCUT2D eigenvalue weighted by Gasteiger charge is 2.24. The molecule has 1 aliphatic heterocycles. The minimum Gasteiger partial charge on any atom is -0.376 e. The van der Waals surface area contributed by atoms with Gasteiger partial charge in [-0.25, -0.2) is 0 Å². The molecule has 0 radical (unpaired) electrons. The van der Waals surface area contributed by atoms with E-state index in [1.54, 1.807) is 11.1 Å². The van der Waals surface area contributed by atoms with E-state index in [0.29, 0.717) is 16.7 Å². The first-order valence-corrected chi connectivity index (χ1v) is 7.70. The van der Waals surface area contributed by atoms with Gasteiger partial charge in [0.25, 0.3) is 0 Å². The smallest absolute Gasteiger partial charge is 0.225 e. The van der Waals surface area contributed by atoms with Gasteiger partial charge < -0.3 is 4.74 Å². The van der Waals surface area contributed by atoms with Gasteiger partial charge in [0, 0.05) is 19.7 Å². The van der Waals surface area contributed by atoms with Gasteiger partial charge in [-0.1, -0.05) is 17.4 Å². The molecule has 0 bridgehead atoms. The molecule has 1 atom stereocenters. The molecule has 2 aromatic heterocycles. The van der Waals surface area contributed by atoms with Crippen LogP contribution in [-0.4, -0.2) is 40.3 Å². The van der Waals surface area contributed by atoms with Crippen molar-refractivity contribution < 1.29 is 9.53 Å². The molecular weight excluding hydrogens is 288 g/mol. The van der Waals surface area contributed by atoms with Crippen LogP contribution in [0.25, 0.3) is 10.7 Å².